The highest BCUT2D eigenvalue weighted by Gasteiger charge is 2.25. The molecule has 3 rings (SSSR count). The molecule has 112 valence electrons. The van der Waals surface area contributed by atoms with Crippen LogP contribution in [-0.2, 0) is 13.5 Å². The van der Waals surface area contributed by atoms with Gasteiger partial charge in [-0.25, -0.2) is 0 Å². The SMILES string of the molecule is Cc1ccc(C(C)NC2CCCc3c2cnn3C)c(O)c1. The van der Waals surface area contributed by atoms with Crippen LogP contribution < -0.4 is 5.32 Å². The predicted molar refractivity (Wildman–Crippen MR) is 83.3 cm³/mol. The lowest BCUT2D eigenvalue weighted by atomic mass is 9.91. The van der Waals surface area contributed by atoms with Gasteiger partial charge in [0.05, 0.1) is 6.20 Å². The number of benzene rings is 1. The van der Waals surface area contributed by atoms with Gasteiger partial charge in [-0.2, -0.15) is 5.10 Å². The Labute approximate surface area is 125 Å². The predicted octanol–water partition coefficient (Wildman–Crippen LogP) is 3.16. The van der Waals surface area contributed by atoms with Crippen molar-refractivity contribution in [3.05, 3.63) is 46.8 Å². The smallest absolute Gasteiger partial charge is 0.120 e. The number of hydrogen-bond donors (Lipinski definition) is 2. The molecule has 4 nitrogen and oxygen atoms in total. The van der Waals surface area contributed by atoms with E-state index in [1.54, 1.807) is 0 Å². The molecule has 2 aromatic rings. The minimum Gasteiger partial charge on any atom is -0.508 e. The molecule has 1 aromatic heterocycles. The quantitative estimate of drug-likeness (QED) is 0.910. The van der Waals surface area contributed by atoms with Gasteiger partial charge in [-0.1, -0.05) is 12.1 Å². The molecule has 2 atom stereocenters. The second-order valence-electron chi connectivity index (χ2n) is 6.07. The van der Waals surface area contributed by atoms with Gasteiger partial charge in [0.25, 0.3) is 0 Å². The van der Waals surface area contributed by atoms with Crippen molar-refractivity contribution < 1.29 is 5.11 Å². The third kappa shape index (κ3) is 2.68. The first-order valence-electron chi connectivity index (χ1n) is 7.62. The van der Waals surface area contributed by atoms with Crippen molar-refractivity contribution in [1.82, 2.24) is 15.1 Å². The maximum atomic E-state index is 10.1. The Morgan fingerprint density at radius 1 is 1.43 bits per heavy atom. The Kier molecular flexibility index (Phi) is 3.72. The lowest BCUT2D eigenvalue weighted by molar-refractivity contribution is 0.397. The zero-order chi connectivity index (χ0) is 15.0. The van der Waals surface area contributed by atoms with E-state index in [-0.39, 0.29) is 6.04 Å². The standard InChI is InChI=1S/C17H23N3O/c1-11-7-8-13(17(21)9-11)12(2)19-15-5-4-6-16-14(15)10-18-20(16)3/h7-10,12,15,19,21H,4-6H2,1-3H3. The van der Waals surface area contributed by atoms with Crippen LogP contribution in [0.25, 0.3) is 0 Å². The average Bonchev–Trinajstić information content (AvgIpc) is 2.81. The van der Waals surface area contributed by atoms with Crippen molar-refractivity contribution in [3.63, 3.8) is 0 Å². The first-order chi connectivity index (χ1) is 10.1. The van der Waals surface area contributed by atoms with Gasteiger partial charge in [-0.05, 0) is 44.7 Å². The largest absolute Gasteiger partial charge is 0.508 e. The summed E-state index contributed by atoms with van der Waals surface area (Å²) in [5.41, 5.74) is 4.67. The van der Waals surface area contributed by atoms with E-state index in [4.69, 9.17) is 0 Å². The van der Waals surface area contributed by atoms with Gasteiger partial charge < -0.3 is 10.4 Å². The van der Waals surface area contributed by atoms with Gasteiger partial charge in [-0.3, -0.25) is 4.68 Å². The number of hydrogen-bond acceptors (Lipinski definition) is 3. The summed E-state index contributed by atoms with van der Waals surface area (Å²) in [5.74, 6) is 0.372. The number of nitrogens with zero attached hydrogens (tertiary/aromatic N) is 2. The summed E-state index contributed by atoms with van der Waals surface area (Å²) in [7, 11) is 2.01. The molecule has 4 heteroatoms. The molecule has 1 aliphatic rings. The van der Waals surface area contributed by atoms with Crippen molar-refractivity contribution >= 4 is 0 Å². The van der Waals surface area contributed by atoms with Crippen LogP contribution in [0.1, 0.15) is 54.2 Å². The van der Waals surface area contributed by atoms with E-state index in [1.165, 1.54) is 17.7 Å². The Bertz CT molecular complexity index is 647. The molecule has 2 N–H and O–H groups in total. The van der Waals surface area contributed by atoms with E-state index in [1.807, 2.05) is 43.0 Å². The number of fused-ring (bicyclic) bond motifs is 1. The van der Waals surface area contributed by atoms with Gasteiger partial charge in [0.1, 0.15) is 5.75 Å². The molecule has 21 heavy (non-hydrogen) atoms. The van der Waals surface area contributed by atoms with E-state index < -0.39 is 0 Å². The minimum absolute atomic E-state index is 0.113. The number of aryl methyl sites for hydroxylation is 2. The molecule has 0 saturated carbocycles. The minimum atomic E-state index is 0.113. The second kappa shape index (κ2) is 5.53. The highest BCUT2D eigenvalue weighted by atomic mass is 16.3. The molecule has 0 bridgehead atoms. The first-order valence-corrected chi connectivity index (χ1v) is 7.62. The summed E-state index contributed by atoms with van der Waals surface area (Å²) >= 11 is 0. The monoisotopic (exact) mass is 285 g/mol. The van der Waals surface area contributed by atoms with E-state index in [0.717, 1.165) is 24.0 Å². The lowest BCUT2D eigenvalue weighted by Gasteiger charge is -2.27. The Morgan fingerprint density at radius 2 is 2.24 bits per heavy atom. The van der Waals surface area contributed by atoms with E-state index in [2.05, 4.69) is 17.3 Å². The summed E-state index contributed by atoms with van der Waals surface area (Å²) in [5, 5.41) is 18.2. The molecule has 2 unspecified atom stereocenters. The maximum absolute atomic E-state index is 10.1. The van der Waals surface area contributed by atoms with Crippen LogP contribution in [0.15, 0.2) is 24.4 Å². The zero-order valence-corrected chi connectivity index (χ0v) is 12.9. The molecule has 0 radical (unpaired) electrons. The lowest BCUT2D eigenvalue weighted by Crippen LogP contribution is -2.27. The van der Waals surface area contributed by atoms with Crippen LogP contribution >= 0.6 is 0 Å². The van der Waals surface area contributed by atoms with E-state index in [9.17, 15) is 5.11 Å². The Morgan fingerprint density at radius 3 is 3.00 bits per heavy atom. The molecule has 0 saturated heterocycles. The second-order valence-corrected chi connectivity index (χ2v) is 6.07. The highest BCUT2D eigenvalue weighted by Crippen LogP contribution is 2.33. The van der Waals surface area contributed by atoms with Crippen molar-refractivity contribution in [1.29, 1.82) is 0 Å². The molecular weight excluding hydrogens is 262 g/mol. The normalized spacial score (nSPS) is 19.3. The Balaban J connectivity index is 1.81. The topological polar surface area (TPSA) is 50.1 Å². The van der Waals surface area contributed by atoms with Crippen molar-refractivity contribution in [2.24, 2.45) is 7.05 Å². The van der Waals surface area contributed by atoms with Gasteiger partial charge >= 0.3 is 0 Å². The van der Waals surface area contributed by atoms with Gasteiger partial charge in [0, 0.05) is 36.0 Å². The maximum Gasteiger partial charge on any atom is 0.120 e. The van der Waals surface area contributed by atoms with E-state index in [0.29, 0.717) is 11.8 Å². The molecule has 0 spiro atoms. The third-order valence-corrected chi connectivity index (χ3v) is 4.48. The summed E-state index contributed by atoms with van der Waals surface area (Å²) in [6.45, 7) is 4.10. The Hall–Kier alpha value is -1.81. The van der Waals surface area contributed by atoms with Crippen LogP contribution in [0.3, 0.4) is 0 Å². The number of aromatic hydroxyl groups is 1. The molecule has 0 fully saturated rings. The van der Waals surface area contributed by atoms with Crippen molar-refractivity contribution in [2.45, 2.75) is 45.2 Å². The van der Waals surface area contributed by atoms with Crippen molar-refractivity contribution in [3.8, 4) is 5.75 Å². The van der Waals surface area contributed by atoms with Crippen LogP contribution in [0.5, 0.6) is 5.75 Å². The highest BCUT2D eigenvalue weighted by molar-refractivity contribution is 5.38. The van der Waals surface area contributed by atoms with Crippen LogP contribution in [0, 0.1) is 6.92 Å². The summed E-state index contributed by atoms with van der Waals surface area (Å²) in [4.78, 5) is 0. The number of phenolic OH excluding ortho intramolecular Hbond substituents is 1. The summed E-state index contributed by atoms with van der Waals surface area (Å²) < 4.78 is 1.98. The fourth-order valence-corrected chi connectivity index (χ4v) is 3.29. The number of rotatable bonds is 3. The number of aromatic nitrogens is 2. The fraction of sp³-hybridized carbons (Fsp3) is 0.471. The molecule has 1 heterocycles. The average molecular weight is 285 g/mol. The summed E-state index contributed by atoms with van der Waals surface area (Å²) in [6.07, 6.45) is 5.38. The molecule has 1 aromatic carbocycles. The van der Waals surface area contributed by atoms with E-state index >= 15 is 0 Å². The number of phenols is 1. The van der Waals surface area contributed by atoms with Gasteiger partial charge in [0.15, 0.2) is 0 Å². The first kappa shape index (κ1) is 14.1. The molecular formula is C17H23N3O. The van der Waals surface area contributed by atoms with Crippen LogP contribution in [0.2, 0.25) is 0 Å². The number of nitrogens with one attached hydrogen (secondary N) is 1. The zero-order valence-electron chi connectivity index (χ0n) is 12.9. The van der Waals surface area contributed by atoms with Gasteiger partial charge in [-0.15, -0.1) is 0 Å². The summed E-state index contributed by atoms with van der Waals surface area (Å²) in [6, 6.07) is 6.31. The third-order valence-electron chi connectivity index (χ3n) is 4.48. The van der Waals surface area contributed by atoms with Crippen LogP contribution in [0.4, 0.5) is 0 Å². The molecule has 1 aliphatic carbocycles. The van der Waals surface area contributed by atoms with Crippen molar-refractivity contribution in [2.75, 3.05) is 0 Å². The molecule has 0 aliphatic heterocycles. The fourth-order valence-electron chi connectivity index (χ4n) is 3.29. The van der Waals surface area contributed by atoms with Crippen LogP contribution in [-0.4, -0.2) is 14.9 Å². The van der Waals surface area contributed by atoms with Gasteiger partial charge in [0.2, 0.25) is 0 Å². The molecule has 0 amide bonds.